The number of phenolic OH excluding ortho intramolecular Hbond substituents is 2. The molecule has 3 aliphatic carbocycles. The van der Waals surface area contributed by atoms with Crippen LogP contribution < -0.4 is 0 Å². The van der Waals surface area contributed by atoms with Crippen molar-refractivity contribution in [1.29, 1.82) is 0 Å². The standard InChI is InChI=1S/C19H24O4/c1-19-7-6-12-11(14(19)4-5-16(19)22)3-2-10-8-15(21)18(23)13(9-20)17(10)12/h8-9,11-12,14,16,21-23H,2-7H2,1H3/t11-,12+,14+,16+,19+/m1/s1. The molecule has 4 nitrogen and oxygen atoms in total. The number of phenols is 2. The van der Waals surface area contributed by atoms with Gasteiger partial charge in [-0.3, -0.25) is 4.79 Å². The molecular weight excluding hydrogens is 292 g/mol. The molecule has 23 heavy (non-hydrogen) atoms. The van der Waals surface area contributed by atoms with E-state index < -0.39 is 0 Å². The number of aldehydes is 1. The number of aromatic hydroxyl groups is 2. The second kappa shape index (κ2) is 4.97. The smallest absolute Gasteiger partial charge is 0.168 e. The minimum absolute atomic E-state index is 0.00102. The Morgan fingerprint density at radius 2 is 2.00 bits per heavy atom. The zero-order chi connectivity index (χ0) is 16.4. The fourth-order valence-corrected chi connectivity index (χ4v) is 5.86. The van der Waals surface area contributed by atoms with Gasteiger partial charge in [-0.2, -0.15) is 0 Å². The van der Waals surface area contributed by atoms with Gasteiger partial charge in [0.25, 0.3) is 0 Å². The molecule has 0 heterocycles. The third-order valence-electron chi connectivity index (χ3n) is 7.07. The van der Waals surface area contributed by atoms with Crippen molar-refractivity contribution in [2.24, 2.45) is 17.3 Å². The number of aliphatic hydroxyl groups is 1. The van der Waals surface area contributed by atoms with E-state index in [9.17, 15) is 20.1 Å². The van der Waals surface area contributed by atoms with Crippen molar-refractivity contribution in [2.75, 3.05) is 0 Å². The number of hydrogen-bond donors (Lipinski definition) is 3. The Kier molecular flexibility index (Phi) is 3.24. The molecule has 5 atom stereocenters. The van der Waals surface area contributed by atoms with Gasteiger partial charge in [-0.15, -0.1) is 0 Å². The first-order valence-corrected chi connectivity index (χ1v) is 8.68. The number of aryl methyl sites for hydroxylation is 1. The van der Waals surface area contributed by atoms with Gasteiger partial charge in [0.15, 0.2) is 17.8 Å². The van der Waals surface area contributed by atoms with Crippen LogP contribution in [0.1, 0.15) is 66.4 Å². The van der Waals surface area contributed by atoms with E-state index in [4.69, 9.17) is 0 Å². The van der Waals surface area contributed by atoms with Gasteiger partial charge in [-0.25, -0.2) is 0 Å². The van der Waals surface area contributed by atoms with Crippen molar-refractivity contribution < 1.29 is 20.1 Å². The lowest BCUT2D eigenvalue weighted by molar-refractivity contribution is -0.0227. The van der Waals surface area contributed by atoms with Crippen LogP contribution >= 0.6 is 0 Å². The third kappa shape index (κ3) is 1.90. The number of hydrogen-bond acceptors (Lipinski definition) is 4. The Labute approximate surface area is 136 Å². The second-order valence-corrected chi connectivity index (χ2v) is 7.90. The van der Waals surface area contributed by atoms with Crippen molar-refractivity contribution >= 4 is 6.29 Å². The van der Waals surface area contributed by atoms with Gasteiger partial charge >= 0.3 is 0 Å². The van der Waals surface area contributed by atoms with Crippen LogP contribution in [-0.4, -0.2) is 27.7 Å². The molecule has 4 rings (SSSR count). The first kappa shape index (κ1) is 15.0. The number of carbonyl (C=O) groups is 1. The largest absolute Gasteiger partial charge is 0.504 e. The summed E-state index contributed by atoms with van der Waals surface area (Å²) in [6.45, 7) is 2.22. The molecule has 2 fully saturated rings. The highest BCUT2D eigenvalue weighted by atomic mass is 16.3. The van der Waals surface area contributed by atoms with Crippen LogP contribution in [0.5, 0.6) is 11.5 Å². The molecule has 0 radical (unpaired) electrons. The van der Waals surface area contributed by atoms with Crippen molar-refractivity contribution in [3.63, 3.8) is 0 Å². The highest BCUT2D eigenvalue weighted by molar-refractivity contribution is 5.84. The maximum Gasteiger partial charge on any atom is 0.168 e. The van der Waals surface area contributed by atoms with E-state index in [-0.39, 0.29) is 34.5 Å². The molecule has 124 valence electrons. The van der Waals surface area contributed by atoms with Crippen molar-refractivity contribution in [2.45, 2.75) is 57.5 Å². The van der Waals surface area contributed by atoms with Crippen LogP contribution in [0, 0.1) is 17.3 Å². The van der Waals surface area contributed by atoms with Gasteiger partial charge in [0.05, 0.1) is 11.7 Å². The van der Waals surface area contributed by atoms with Gasteiger partial charge in [0, 0.05) is 0 Å². The van der Waals surface area contributed by atoms with Crippen LogP contribution in [0.25, 0.3) is 0 Å². The average molecular weight is 316 g/mol. The minimum atomic E-state index is -0.279. The van der Waals surface area contributed by atoms with E-state index in [2.05, 4.69) is 6.92 Å². The quantitative estimate of drug-likeness (QED) is 0.549. The lowest BCUT2D eigenvalue weighted by Gasteiger charge is -2.50. The summed E-state index contributed by atoms with van der Waals surface area (Å²) in [5, 5.41) is 30.4. The average Bonchev–Trinajstić information content (AvgIpc) is 2.84. The molecular formula is C19H24O4. The number of rotatable bonds is 1. The van der Waals surface area contributed by atoms with Gasteiger partial charge in [0.2, 0.25) is 0 Å². The summed E-state index contributed by atoms with van der Waals surface area (Å²) in [4.78, 5) is 11.6. The van der Waals surface area contributed by atoms with Crippen molar-refractivity contribution in [1.82, 2.24) is 0 Å². The molecule has 1 aromatic rings. The Hall–Kier alpha value is -1.55. The lowest BCUT2D eigenvalue weighted by Crippen LogP contribution is -2.44. The summed E-state index contributed by atoms with van der Waals surface area (Å²) >= 11 is 0. The first-order valence-electron chi connectivity index (χ1n) is 8.68. The maximum atomic E-state index is 11.6. The van der Waals surface area contributed by atoms with Gasteiger partial charge in [0.1, 0.15) is 0 Å². The SMILES string of the molecule is C[C@]12CC[C@@H]3c4c(cc(O)c(O)c4C=O)CC[C@H]3[C@@H]1CC[C@@H]2O. The Bertz CT molecular complexity index is 668. The van der Waals surface area contributed by atoms with E-state index in [1.54, 1.807) is 6.07 Å². The molecule has 2 saturated carbocycles. The summed E-state index contributed by atoms with van der Waals surface area (Å²) in [6.07, 6.45) is 6.15. The fraction of sp³-hybridized carbons (Fsp3) is 0.632. The number of benzene rings is 1. The molecule has 4 heteroatoms. The number of fused-ring (bicyclic) bond motifs is 5. The molecule has 0 aliphatic heterocycles. The third-order valence-corrected chi connectivity index (χ3v) is 7.07. The van der Waals surface area contributed by atoms with Crippen LogP contribution in [0.3, 0.4) is 0 Å². The molecule has 3 N–H and O–H groups in total. The molecule has 0 amide bonds. The summed E-state index contributed by atoms with van der Waals surface area (Å²) in [5.41, 5.74) is 2.23. The fourth-order valence-electron chi connectivity index (χ4n) is 5.86. The van der Waals surface area contributed by atoms with Crippen LogP contribution in [0.4, 0.5) is 0 Å². The van der Waals surface area contributed by atoms with Crippen LogP contribution in [0.15, 0.2) is 6.07 Å². The van der Waals surface area contributed by atoms with E-state index in [0.29, 0.717) is 18.1 Å². The predicted molar refractivity (Wildman–Crippen MR) is 85.8 cm³/mol. The molecule has 3 aliphatic rings. The van der Waals surface area contributed by atoms with E-state index in [0.717, 1.165) is 49.7 Å². The summed E-state index contributed by atoms with van der Waals surface area (Å²) in [5.74, 6) is 0.732. The van der Waals surface area contributed by atoms with Crippen LogP contribution in [-0.2, 0) is 6.42 Å². The highest BCUT2D eigenvalue weighted by Crippen LogP contribution is 2.61. The maximum absolute atomic E-state index is 11.6. The molecule has 0 spiro atoms. The Balaban J connectivity index is 1.81. The van der Waals surface area contributed by atoms with E-state index >= 15 is 0 Å². The zero-order valence-electron chi connectivity index (χ0n) is 13.5. The Morgan fingerprint density at radius 1 is 1.22 bits per heavy atom. The minimum Gasteiger partial charge on any atom is -0.504 e. The number of carbonyl (C=O) groups excluding carboxylic acids is 1. The van der Waals surface area contributed by atoms with E-state index in [1.807, 2.05) is 0 Å². The molecule has 0 saturated heterocycles. The molecule has 1 aromatic carbocycles. The normalized spacial score (nSPS) is 38.5. The Morgan fingerprint density at radius 3 is 2.74 bits per heavy atom. The zero-order valence-corrected chi connectivity index (χ0v) is 13.5. The van der Waals surface area contributed by atoms with Gasteiger partial charge in [-0.05, 0) is 78.9 Å². The number of aliphatic hydroxyl groups excluding tert-OH is 1. The van der Waals surface area contributed by atoms with Crippen LogP contribution in [0.2, 0.25) is 0 Å². The predicted octanol–water partition coefficient (Wildman–Crippen LogP) is 3.13. The van der Waals surface area contributed by atoms with Gasteiger partial charge < -0.3 is 15.3 Å². The molecule has 0 aromatic heterocycles. The summed E-state index contributed by atoms with van der Waals surface area (Å²) in [6, 6.07) is 1.63. The van der Waals surface area contributed by atoms with Crippen molar-refractivity contribution in [3.8, 4) is 11.5 Å². The summed E-state index contributed by atoms with van der Waals surface area (Å²) in [7, 11) is 0. The van der Waals surface area contributed by atoms with E-state index in [1.165, 1.54) is 0 Å². The second-order valence-electron chi connectivity index (χ2n) is 7.90. The molecule has 0 unspecified atom stereocenters. The highest BCUT2D eigenvalue weighted by Gasteiger charge is 2.54. The van der Waals surface area contributed by atoms with Crippen molar-refractivity contribution in [3.05, 3.63) is 22.8 Å². The topological polar surface area (TPSA) is 77.8 Å². The lowest BCUT2D eigenvalue weighted by atomic mass is 9.55. The first-order chi connectivity index (χ1) is 11.0. The monoisotopic (exact) mass is 316 g/mol. The van der Waals surface area contributed by atoms with Gasteiger partial charge in [-0.1, -0.05) is 6.92 Å². The summed E-state index contributed by atoms with van der Waals surface area (Å²) < 4.78 is 0. The molecule has 0 bridgehead atoms.